The van der Waals surface area contributed by atoms with Crippen molar-refractivity contribution in [2.24, 2.45) is 0 Å². The van der Waals surface area contributed by atoms with Crippen molar-refractivity contribution in [2.75, 3.05) is 20.1 Å². The molecule has 0 N–H and O–H groups in total. The van der Waals surface area contributed by atoms with E-state index in [0.29, 0.717) is 6.54 Å². The van der Waals surface area contributed by atoms with Gasteiger partial charge in [-0.2, -0.15) is 5.10 Å². The van der Waals surface area contributed by atoms with E-state index in [-0.39, 0.29) is 11.9 Å². The molecule has 0 radical (unpaired) electrons. The van der Waals surface area contributed by atoms with Crippen LogP contribution in [0.15, 0.2) is 36.4 Å². The smallest absolute Gasteiger partial charge is 0.244 e. The third-order valence-electron chi connectivity index (χ3n) is 5.06. The summed E-state index contributed by atoms with van der Waals surface area (Å²) in [5.74, 6) is 0.137. The molecule has 0 aliphatic carbocycles. The molecular weight excluding hydrogens is 312 g/mol. The molecule has 0 saturated carbocycles. The number of amides is 1. The zero-order chi connectivity index (χ0) is 17.8. The molecule has 2 heterocycles. The van der Waals surface area contributed by atoms with Gasteiger partial charge in [0.15, 0.2) is 0 Å². The molecule has 1 fully saturated rings. The van der Waals surface area contributed by atoms with Crippen LogP contribution in [0.1, 0.15) is 29.8 Å². The van der Waals surface area contributed by atoms with E-state index in [2.05, 4.69) is 34.3 Å². The standard InChI is InChI=1S/C20H28N4O/c1-16-12-17(2)24(21-16)15-20(25)22(3)19-10-7-11-23(14-19)13-18-8-5-4-6-9-18/h4-6,8-9,12,19H,7,10-11,13-15H2,1-3H3. The van der Waals surface area contributed by atoms with Crippen LogP contribution in [0, 0.1) is 13.8 Å². The summed E-state index contributed by atoms with van der Waals surface area (Å²) in [5.41, 5.74) is 3.33. The van der Waals surface area contributed by atoms with E-state index in [1.54, 1.807) is 4.68 Å². The number of rotatable bonds is 5. The molecule has 0 spiro atoms. The minimum Gasteiger partial charge on any atom is -0.340 e. The topological polar surface area (TPSA) is 41.4 Å². The maximum Gasteiger partial charge on any atom is 0.244 e. The number of benzene rings is 1. The number of nitrogens with zero attached hydrogens (tertiary/aromatic N) is 4. The SMILES string of the molecule is Cc1cc(C)n(CC(=O)N(C)C2CCCN(Cc3ccccc3)C2)n1. The molecule has 134 valence electrons. The van der Waals surface area contributed by atoms with Gasteiger partial charge in [-0.25, -0.2) is 0 Å². The lowest BCUT2D eigenvalue weighted by molar-refractivity contribution is -0.133. The van der Waals surface area contributed by atoms with E-state index >= 15 is 0 Å². The second kappa shape index (κ2) is 7.83. The van der Waals surface area contributed by atoms with E-state index in [0.717, 1.165) is 43.9 Å². The predicted octanol–water partition coefficient (Wildman–Crippen LogP) is 2.62. The predicted molar refractivity (Wildman–Crippen MR) is 99.2 cm³/mol. The van der Waals surface area contributed by atoms with Crippen LogP contribution in [0.2, 0.25) is 0 Å². The normalized spacial score (nSPS) is 18.3. The summed E-state index contributed by atoms with van der Waals surface area (Å²) >= 11 is 0. The molecule has 2 aromatic rings. The van der Waals surface area contributed by atoms with Crippen LogP contribution in [-0.2, 0) is 17.9 Å². The fraction of sp³-hybridized carbons (Fsp3) is 0.500. The molecule has 5 heteroatoms. The zero-order valence-corrected chi connectivity index (χ0v) is 15.5. The minimum absolute atomic E-state index is 0.137. The maximum atomic E-state index is 12.7. The Morgan fingerprint density at radius 2 is 2.04 bits per heavy atom. The Morgan fingerprint density at radius 1 is 1.28 bits per heavy atom. The number of likely N-dealkylation sites (N-methyl/N-ethyl adjacent to an activating group) is 1. The summed E-state index contributed by atoms with van der Waals surface area (Å²) < 4.78 is 1.80. The highest BCUT2D eigenvalue weighted by atomic mass is 16.2. The highest BCUT2D eigenvalue weighted by Gasteiger charge is 2.26. The average molecular weight is 340 g/mol. The van der Waals surface area contributed by atoms with Crippen molar-refractivity contribution >= 4 is 5.91 Å². The van der Waals surface area contributed by atoms with Crippen LogP contribution in [0.5, 0.6) is 0 Å². The molecule has 5 nitrogen and oxygen atoms in total. The van der Waals surface area contributed by atoms with Gasteiger partial charge in [-0.3, -0.25) is 14.4 Å². The molecule has 25 heavy (non-hydrogen) atoms. The number of aromatic nitrogens is 2. The van der Waals surface area contributed by atoms with Gasteiger partial charge >= 0.3 is 0 Å². The molecule has 1 aromatic heterocycles. The number of carbonyl (C=O) groups is 1. The Balaban J connectivity index is 1.58. The van der Waals surface area contributed by atoms with E-state index in [1.807, 2.05) is 37.9 Å². The van der Waals surface area contributed by atoms with E-state index < -0.39 is 0 Å². The second-order valence-electron chi connectivity index (χ2n) is 7.11. The summed E-state index contributed by atoms with van der Waals surface area (Å²) in [5, 5.41) is 4.41. The van der Waals surface area contributed by atoms with Crippen LogP contribution >= 0.6 is 0 Å². The largest absolute Gasteiger partial charge is 0.340 e. The Bertz CT molecular complexity index is 710. The summed E-state index contributed by atoms with van der Waals surface area (Å²) in [6.45, 7) is 7.27. The quantitative estimate of drug-likeness (QED) is 0.840. The number of piperidine rings is 1. The fourth-order valence-electron chi connectivity index (χ4n) is 3.61. The van der Waals surface area contributed by atoms with Crippen molar-refractivity contribution in [3.05, 3.63) is 53.3 Å². The minimum atomic E-state index is 0.137. The first-order valence-electron chi connectivity index (χ1n) is 9.06. The summed E-state index contributed by atoms with van der Waals surface area (Å²) in [6.07, 6.45) is 2.21. The van der Waals surface area contributed by atoms with Crippen LogP contribution in [0.4, 0.5) is 0 Å². The second-order valence-corrected chi connectivity index (χ2v) is 7.11. The summed E-state index contributed by atoms with van der Waals surface area (Å²) in [7, 11) is 1.94. The van der Waals surface area contributed by atoms with Gasteiger partial charge in [0.25, 0.3) is 0 Å². The Labute approximate surface area is 150 Å². The molecule has 3 rings (SSSR count). The first kappa shape index (κ1) is 17.7. The van der Waals surface area contributed by atoms with Crippen molar-refractivity contribution in [3.8, 4) is 0 Å². The lowest BCUT2D eigenvalue weighted by atomic mass is 10.0. The maximum absolute atomic E-state index is 12.7. The molecule has 1 saturated heterocycles. The molecule has 1 aliphatic rings. The van der Waals surface area contributed by atoms with Crippen molar-refractivity contribution in [1.29, 1.82) is 0 Å². The van der Waals surface area contributed by atoms with Gasteiger partial charge in [0.1, 0.15) is 6.54 Å². The lowest BCUT2D eigenvalue weighted by Gasteiger charge is -2.37. The van der Waals surface area contributed by atoms with E-state index in [1.165, 1.54) is 5.56 Å². The molecule has 1 aliphatic heterocycles. The molecule has 0 bridgehead atoms. The number of carbonyl (C=O) groups excluding carboxylic acids is 1. The van der Waals surface area contributed by atoms with Gasteiger partial charge in [-0.15, -0.1) is 0 Å². The Morgan fingerprint density at radius 3 is 2.72 bits per heavy atom. The fourth-order valence-corrected chi connectivity index (χ4v) is 3.61. The van der Waals surface area contributed by atoms with Crippen molar-refractivity contribution in [1.82, 2.24) is 19.6 Å². The number of hydrogen-bond acceptors (Lipinski definition) is 3. The third kappa shape index (κ3) is 4.48. The molecule has 1 amide bonds. The highest BCUT2D eigenvalue weighted by Crippen LogP contribution is 2.18. The first-order chi connectivity index (χ1) is 12.0. The highest BCUT2D eigenvalue weighted by molar-refractivity contribution is 5.76. The summed E-state index contributed by atoms with van der Waals surface area (Å²) in [4.78, 5) is 17.1. The number of aryl methyl sites for hydroxylation is 2. The van der Waals surface area contributed by atoms with Crippen LogP contribution in [0.3, 0.4) is 0 Å². The lowest BCUT2D eigenvalue weighted by Crippen LogP contribution is -2.49. The monoisotopic (exact) mass is 340 g/mol. The third-order valence-corrected chi connectivity index (χ3v) is 5.06. The molecule has 1 aromatic carbocycles. The van der Waals surface area contributed by atoms with Gasteiger partial charge in [-0.1, -0.05) is 30.3 Å². The van der Waals surface area contributed by atoms with Crippen molar-refractivity contribution in [3.63, 3.8) is 0 Å². The van der Waals surface area contributed by atoms with Gasteiger partial charge < -0.3 is 4.90 Å². The van der Waals surface area contributed by atoms with Gasteiger partial charge in [-0.05, 0) is 44.9 Å². The summed E-state index contributed by atoms with van der Waals surface area (Å²) in [6, 6.07) is 12.8. The molecule has 1 unspecified atom stereocenters. The van der Waals surface area contributed by atoms with Crippen LogP contribution < -0.4 is 0 Å². The molecule has 1 atom stereocenters. The van der Waals surface area contributed by atoms with Crippen molar-refractivity contribution in [2.45, 2.75) is 45.8 Å². The van der Waals surface area contributed by atoms with Gasteiger partial charge in [0, 0.05) is 31.9 Å². The molecular formula is C20H28N4O. The van der Waals surface area contributed by atoms with Gasteiger partial charge in [0.2, 0.25) is 5.91 Å². The first-order valence-corrected chi connectivity index (χ1v) is 9.06. The van der Waals surface area contributed by atoms with Crippen LogP contribution in [-0.4, -0.2) is 51.7 Å². The zero-order valence-electron chi connectivity index (χ0n) is 15.5. The van der Waals surface area contributed by atoms with E-state index in [9.17, 15) is 4.79 Å². The number of likely N-dealkylation sites (tertiary alicyclic amines) is 1. The van der Waals surface area contributed by atoms with Crippen molar-refractivity contribution < 1.29 is 4.79 Å². The van der Waals surface area contributed by atoms with Crippen LogP contribution in [0.25, 0.3) is 0 Å². The average Bonchev–Trinajstić information content (AvgIpc) is 2.92. The van der Waals surface area contributed by atoms with Gasteiger partial charge in [0.05, 0.1) is 5.69 Å². The Kier molecular flexibility index (Phi) is 5.53. The Hall–Kier alpha value is -2.14. The number of hydrogen-bond donors (Lipinski definition) is 0. The van der Waals surface area contributed by atoms with E-state index in [4.69, 9.17) is 0 Å².